The number of amides is 1. The molecule has 0 aliphatic heterocycles. The summed E-state index contributed by atoms with van der Waals surface area (Å²) in [5, 5.41) is 3.65. The Labute approximate surface area is 162 Å². The van der Waals surface area contributed by atoms with Crippen LogP contribution >= 0.6 is 0 Å². The zero-order valence-corrected chi connectivity index (χ0v) is 16.0. The fourth-order valence-corrected chi connectivity index (χ4v) is 3.67. The maximum absolute atomic E-state index is 12.5. The van der Waals surface area contributed by atoms with Crippen LogP contribution < -0.4 is 15.7 Å². The van der Waals surface area contributed by atoms with Crippen molar-refractivity contribution in [1.29, 1.82) is 0 Å². The highest BCUT2D eigenvalue weighted by Crippen LogP contribution is 2.35. The van der Waals surface area contributed by atoms with Gasteiger partial charge in [0.25, 0.3) is 5.91 Å². The first-order valence-corrected chi connectivity index (χ1v) is 9.46. The fraction of sp³-hybridized carbons (Fsp3) is 0.318. The molecule has 0 saturated heterocycles. The lowest BCUT2D eigenvalue weighted by atomic mass is 10.0. The van der Waals surface area contributed by atoms with E-state index in [1.165, 1.54) is 0 Å². The first-order chi connectivity index (χ1) is 13.5. The minimum Gasteiger partial charge on any atom is -0.480 e. The molecule has 0 bridgehead atoms. The van der Waals surface area contributed by atoms with Crippen LogP contribution in [0, 0.1) is 6.92 Å². The SMILES string of the molecule is Cc1cc(O[C@H](C)C(=O)NCc2ccccn2)c2c3c(c(=O)oc2c1)CCC3. The van der Waals surface area contributed by atoms with Crippen LogP contribution in [0.2, 0.25) is 0 Å². The number of carbonyl (C=O) groups is 1. The van der Waals surface area contributed by atoms with Crippen molar-refractivity contribution >= 4 is 16.9 Å². The van der Waals surface area contributed by atoms with E-state index in [1.807, 2.05) is 37.3 Å². The van der Waals surface area contributed by atoms with E-state index in [1.54, 1.807) is 13.1 Å². The van der Waals surface area contributed by atoms with E-state index in [9.17, 15) is 9.59 Å². The van der Waals surface area contributed by atoms with Gasteiger partial charge in [0.05, 0.1) is 17.6 Å². The van der Waals surface area contributed by atoms with Crippen molar-refractivity contribution in [3.63, 3.8) is 0 Å². The smallest absolute Gasteiger partial charge is 0.339 e. The molecule has 4 rings (SSSR count). The quantitative estimate of drug-likeness (QED) is 0.690. The molecule has 6 nitrogen and oxygen atoms in total. The number of aromatic nitrogens is 1. The van der Waals surface area contributed by atoms with Gasteiger partial charge in [0.15, 0.2) is 6.10 Å². The van der Waals surface area contributed by atoms with Gasteiger partial charge in [-0.2, -0.15) is 0 Å². The van der Waals surface area contributed by atoms with Crippen molar-refractivity contribution in [3.05, 3.63) is 69.3 Å². The zero-order valence-electron chi connectivity index (χ0n) is 16.0. The molecule has 28 heavy (non-hydrogen) atoms. The minimum atomic E-state index is -0.697. The van der Waals surface area contributed by atoms with E-state index in [-0.39, 0.29) is 11.5 Å². The maximum Gasteiger partial charge on any atom is 0.339 e. The Morgan fingerprint density at radius 1 is 1.29 bits per heavy atom. The van der Waals surface area contributed by atoms with Gasteiger partial charge in [0, 0.05) is 11.8 Å². The molecule has 1 atom stereocenters. The molecule has 2 heterocycles. The van der Waals surface area contributed by atoms with Crippen molar-refractivity contribution < 1.29 is 13.9 Å². The Balaban J connectivity index is 1.59. The normalized spacial score (nSPS) is 13.9. The molecule has 1 aliphatic carbocycles. The maximum atomic E-state index is 12.5. The average Bonchev–Trinajstić information content (AvgIpc) is 3.16. The number of hydrogen-bond acceptors (Lipinski definition) is 5. The van der Waals surface area contributed by atoms with Gasteiger partial charge in [0.1, 0.15) is 11.3 Å². The van der Waals surface area contributed by atoms with Gasteiger partial charge < -0.3 is 14.5 Å². The summed E-state index contributed by atoms with van der Waals surface area (Å²) in [5.41, 5.74) is 3.66. The molecule has 1 aliphatic rings. The van der Waals surface area contributed by atoms with Crippen LogP contribution in [0.3, 0.4) is 0 Å². The predicted octanol–water partition coefficient (Wildman–Crippen LogP) is 3.07. The van der Waals surface area contributed by atoms with E-state index < -0.39 is 6.10 Å². The summed E-state index contributed by atoms with van der Waals surface area (Å²) in [6, 6.07) is 9.29. The predicted molar refractivity (Wildman–Crippen MR) is 105 cm³/mol. The van der Waals surface area contributed by atoms with Crippen LogP contribution in [-0.2, 0) is 24.2 Å². The molecule has 0 radical (unpaired) electrons. The van der Waals surface area contributed by atoms with Crippen LogP contribution in [0.4, 0.5) is 0 Å². The summed E-state index contributed by atoms with van der Waals surface area (Å²) < 4.78 is 11.6. The molecular formula is C22H22N2O4. The van der Waals surface area contributed by atoms with Gasteiger partial charge in [-0.15, -0.1) is 0 Å². The second-order valence-corrected chi connectivity index (χ2v) is 7.14. The minimum absolute atomic E-state index is 0.227. The van der Waals surface area contributed by atoms with Crippen LogP contribution in [0.5, 0.6) is 5.75 Å². The summed E-state index contributed by atoms with van der Waals surface area (Å²) in [6.45, 7) is 3.96. The Bertz CT molecular complexity index is 1090. The number of nitrogens with one attached hydrogen (secondary N) is 1. The van der Waals surface area contributed by atoms with Crippen molar-refractivity contribution in [1.82, 2.24) is 10.3 Å². The standard InChI is InChI=1S/C22H22N2O4/c1-13-10-18(20-16-7-5-8-17(16)22(26)28-19(20)11-13)27-14(2)21(25)24-12-15-6-3-4-9-23-15/h3-4,6,9-11,14H,5,7-8,12H2,1-2H3,(H,24,25)/t14-/m1/s1. The number of pyridine rings is 1. The molecule has 144 valence electrons. The highest BCUT2D eigenvalue weighted by atomic mass is 16.5. The Morgan fingerprint density at radius 2 is 2.11 bits per heavy atom. The lowest BCUT2D eigenvalue weighted by Crippen LogP contribution is -2.36. The van der Waals surface area contributed by atoms with Crippen LogP contribution in [-0.4, -0.2) is 17.0 Å². The topological polar surface area (TPSA) is 81.4 Å². The lowest BCUT2D eigenvalue weighted by molar-refractivity contribution is -0.127. The van der Waals surface area contributed by atoms with Gasteiger partial charge in [-0.1, -0.05) is 6.07 Å². The molecule has 1 N–H and O–H groups in total. The highest BCUT2D eigenvalue weighted by molar-refractivity contribution is 5.89. The van der Waals surface area contributed by atoms with Crippen molar-refractivity contribution in [3.8, 4) is 5.75 Å². The van der Waals surface area contributed by atoms with Crippen molar-refractivity contribution in [2.24, 2.45) is 0 Å². The van der Waals surface area contributed by atoms with E-state index in [2.05, 4.69) is 10.3 Å². The molecule has 3 aromatic rings. The van der Waals surface area contributed by atoms with E-state index in [0.717, 1.165) is 47.0 Å². The van der Waals surface area contributed by atoms with Gasteiger partial charge >= 0.3 is 5.63 Å². The monoisotopic (exact) mass is 378 g/mol. The van der Waals surface area contributed by atoms with Gasteiger partial charge in [-0.05, 0) is 68.5 Å². The number of carbonyl (C=O) groups excluding carboxylic acids is 1. The Morgan fingerprint density at radius 3 is 2.89 bits per heavy atom. The third-order valence-electron chi connectivity index (χ3n) is 5.02. The van der Waals surface area contributed by atoms with Crippen LogP contribution in [0.15, 0.2) is 45.7 Å². The molecule has 6 heteroatoms. The first-order valence-electron chi connectivity index (χ1n) is 9.46. The van der Waals surface area contributed by atoms with Crippen LogP contribution in [0.1, 0.15) is 35.7 Å². The molecule has 1 amide bonds. The summed E-state index contributed by atoms with van der Waals surface area (Å²) in [5.74, 6) is 0.353. The average molecular weight is 378 g/mol. The third-order valence-corrected chi connectivity index (χ3v) is 5.02. The molecule has 2 aromatic heterocycles. The number of nitrogens with zero attached hydrogens (tertiary/aromatic N) is 1. The van der Waals surface area contributed by atoms with Crippen LogP contribution in [0.25, 0.3) is 11.0 Å². The molecule has 1 aromatic carbocycles. The fourth-order valence-electron chi connectivity index (χ4n) is 3.67. The number of fused-ring (bicyclic) bond motifs is 3. The second-order valence-electron chi connectivity index (χ2n) is 7.14. The number of benzene rings is 1. The largest absolute Gasteiger partial charge is 0.480 e. The summed E-state index contributed by atoms with van der Waals surface area (Å²) in [4.78, 5) is 28.9. The van der Waals surface area contributed by atoms with E-state index >= 15 is 0 Å². The number of ether oxygens (including phenoxy) is 1. The molecular weight excluding hydrogens is 356 g/mol. The van der Waals surface area contributed by atoms with Crippen molar-refractivity contribution in [2.75, 3.05) is 0 Å². The molecule has 0 unspecified atom stereocenters. The summed E-state index contributed by atoms with van der Waals surface area (Å²) in [6.07, 6.45) is 3.46. The lowest BCUT2D eigenvalue weighted by Gasteiger charge is -2.17. The van der Waals surface area contributed by atoms with Crippen molar-refractivity contribution in [2.45, 2.75) is 45.8 Å². The summed E-state index contributed by atoms with van der Waals surface area (Å²) >= 11 is 0. The highest BCUT2D eigenvalue weighted by Gasteiger charge is 2.24. The number of hydrogen-bond donors (Lipinski definition) is 1. The first kappa shape index (κ1) is 18.2. The zero-order chi connectivity index (χ0) is 19.7. The Hall–Kier alpha value is -3.15. The van der Waals surface area contributed by atoms with Gasteiger partial charge in [-0.25, -0.2) is 4.79 Å². The summed E-state index contributed by atoms with van der Waals surface area (Å²) in [7, 11) is 0. The van der Waals surface area contributed by atoms with Gasteiger partial charge in [0.2, 0.25) is 0 Å². The Kier molecular flexibility index (Phi) is 4.86. The second kappa shape index (κ2) is 7.46. The number of rotatable bonds is 5. The molecule has 0 fully saturated rings. The molecule has 0 spiro atoms. The van der Waals surface area contributed by atoms with Gasteiger partial charge in [-0.3, -0.25) is 9.78 Å². The third kappa shape index (κ3) is 3.50. The van der Waals surface area contributed by atoms with E-state index in [0.29, 0.717) is 17.9 Å². The number of aryl methyl sites for hydroxylation is 2. The molecule has 0 saturated carbocycles. The van der Waals surface area contributed by atoms with E-state index in [4.69, 9.17) is 9.15 Å².